The van der Waals surface area contributed by atoms with Gasteiger partial charge < -0.3 is 14.2 Å². The van der Waals surface area contributed by atoms with E-state index in [-0.39, 0.29) is 31.6 Å². The van der Waals surface area contributed by atoms with Crippen LogP contribution in [-0.2, 0) is 28.6 Å². The number of carbonyl (C=O) groups is 3. The SMILES string of the molecule is CC/C=C\C/C=C\C/C=C\C/C=C\C/C=C\CC(=O)OC(COC(=O)CCCCCCC/C=C\C/C=C\CCCCC)COC(=O)CCCCCCCCCCCCCCCCCCCCCCCC. The number of ether oxygens (including phenoxy) is 3. The molecule has 0 saturated heterocycles. The first kappa shape index (κ1) is 66.6. The molecule has 402 valence electrons. The summed E-state index contributed by atoms with van der Waals surface area (Å²) in [4.78, 5) is 38.1. The van der Waals surface area contributed by atoms with Crippen molar-refractivity contribution in [3.63, 3.8) is 0 Å². The molecule has 0 aromatic carbocycles. The predicted octanol–water partition coefficient (Wildman–Crippen LogP) is 19.9. The first-order valence-corrected chi connectivity index (χ1v) is 29.6. The highest BCUT2D eigenvalue weighted by Crippen LogP contribution is 2.16. The summed E-state index contributed by atoms with van der Waals surface area (Å²) >= 11 is 0. The first-order chi connectivity index (χ1) is 34.5. The van der Waals surface area contributed by atoms with E-state index in [4.69, 9.17) is 14.2 Å². The van der Waals surface area contributed by atoms with Gasteiger partial charge in [0.1, 0.15) is 13.2 Å². The monoisotopic (exact) mass is 975 g/mol. The quantitative estimate of drug-likeness (QED) is 0.0261. The van der Waals surface area contributed by atoms with Crippen LogP contribution >= 0.6 is 0 Å². The van der Waals surface area contributed by atoms with E-state index in [2.05, 4.69) is 93.7 Å². The third-order valence-corrected chi connectivity index (χ3v) is 12.7. The molecule has 0 heterocycles. The molecule has 0 spiro atoms. The van der Waals surface area contributed by atoms with Gasteiger partial charge >= 0.3 is 17.9 Å². The van der Waals surface area contributed by atoms with Gasteiger partial charge in [0.2, 0.25) is 0 Å². The molecule has 0 amide bonds. The molecule has 0 saturated carbocycles. The van der Waals surface area contributed by atoms with Crippen LogP contribution in [0.2, 0.25) is 0 Å². The zero-order chi connectivity index (χ0) is 50.7. The highest BCUT2D eigenvalue weighted by molar-refractivity contribution is 5.72. The molecule has 1 unspecified atom stereocenters. The average molecular weight is 976 g/mol. The Balaban J connectivity index is 4.41. The standard InChI is InChI=1S/C64H110O6/c1-4-7-10-13-16-19-22-25-28-29-30-31-32-33-34-37-39-42-45-48-51-54-57-63(66)69-60-61(70-64(67)58-55-52-49-46-43-40-36-27-24-21-18-15-12-9-6-3)59-68-62(65)56-53-50-47-44-41-38-35-26-23-20-17-14-11-8-5-2/h9,12,17-18,20-21,26-27,35-36,43,46,52,55,61H,4-8,10-11,13-16,19,22-25,28-34,37-42,44-45,47-51,53-54,56-60H2,1-3H3/b12-9-,20-17-,21-18-,35-26-,36-27-,46-43-,55-52-. The third kappa shape index (κ3) is 55.5. The largest absolute Gasteiger partial charge is 0.462 e. The summed E-state index contributed by atoms with van der Waals surface area (Å²) in [5, 5.41) is 0. The van der Waals surface area contributed by atoms with Gasteiger partial charge in [0.15, 0.2) is 6.10 Å². The van der Waals surface area contributed by atoms with Crippen LogP contribution in [0.4, 0.5) is 0 Å². The maximum Gasteiger partial charge on any atom is 0.310 e. The van der Waals surface area contributed by atoms with Crippen molar-refractivity contribution in [2.24, 2.45) is 0 Å². The lowest BCUT2D eigenvalue weighted by Crippen LogP contribution is -2.30. The molecule has 1 atom stereocenters. The predicted molar refractivity (Wildman–Crippen MR) is 302 cm³/mol. The van der Waals surface area contributed by atoms with E-state index in [1.165, 1.54) is 148 Å². The summed E-state index contributed by atoms with van der Waals surface area (Å²) in [6.45, 7) is 6.43. The maximum absolute atomic E-state index is 12.8. The number of esters is 3. The highest BCUT2D eigenvalue weighted by atomic mass is 16.6. The number of hydrogen-bond donors (Lipinski definition) is 0. The number of carbonyl (C=O) groups excluding carboxylic acids is 3. The Morgan fingerprint density at radius 3 is 0.971 bits per heavy atom. The van der Waals surface area contributed by atoms with Crippen molar-refractivity contribution in [2.45, 2.75) is 290 Å². The zero-order valence-electron chi connectivity index (χ0n) is 46.0. The van der Waals surface area contributed by atoms with E-state index < -0.39 is 12.1 Å². The molecular weight excluding hydrogens is 865 g/mol. The molecule has 6 heteroatoms. The van der Waals surface area contributed by atoms with Gasteiger partial charge in [0.25, 0.3) is 0 Å². The van der Waals surface area contributed by atoms with E-state index in [9.17, 15) is 14.4 Å². The van der Waals surface area contributed by atoms with Crippen LogP contribution in [0.25, 0.3) is 0 Å². The molecule has 0 bridgehead atoms. The molecule has 0 rings (SSSR count). The second-order valence-corrected chi connectivity index (χ2v) is 19.5. The highest BCUT2D eigenvalue weighted by Gasteiger charge is 2.19. The van der Waals surface area contributed by atoms with Crippen molar-refractivity contribution < 1.29 is 28.6 Å². The van der Waals surface area contributed by atoms with Gasteiger partial charge in [-0.25, -0.2) is 0 Å². The fourth-order valence-electron chi connectivity index (χ4n) is 8.26. The minimum atomic E-state index is -0.836. The number of allylic oxidation sites excluding steroid dienone is 13. The van der Waals surface area contributed by atoms with Crippen molar-refractivity contribution in [1.29, 1.82) is 0 Å². The number of rotatable bonds is 53. The van der Waals surface area contributed by atoms with Gasteiger partial charge in [-0.1, -0.05) is 273 Å². The van der Waals surface area contributed by atoms with Gasteiger partial charge in [-0.05, 0) is 77.0 Å². The fraction of sp³-hybridized carbons (Fsp3) is 0.734. The Labute approximate surface area is 433 Å². The minimum Gasteiger partial charge on any atom is -0.462 e. The van der Waals surface area contributed by atoms with Crippen molar-refractivity contribution in [2.75, 3.05) is 13.2 Å². The molecule has 0 aromatic heterocycles. The topological polar surface area (TPSA) is 78.9 Å². The Bertz CT molecular complexity index is 1350. The molecule has 0 N–H and O–H groups in total. The molecule has 70 heavy (non-hydrogen) atoms. The minimum absolute atomic E-state index is 0.0946. The van der Waals surface area contributed by atoms with E-state index in [1.807, 2.05) is 6.08 Å². The van der Waals surface area contributed by atoms with Crippen molar-refractivity contribution >= 4 is 17.9 Å². The van der Waals surface area contributed by atoms with Gasteiger partial charge in [-0.15, -0.1) is 0 Å². The van der Waals surface area contributed by atoms with Gasteiger partial charge in [-0.3, -0.25) is 14.4 Å². The fourth-order valence-corrected chi connectivity index (χ4v) is 8.26. The molecule has 0 aliphatic carbocycles. The Morgan fingerprint density at radius 2 is 0.600 bits per heavy atom. The normalized spacial score (nSPS) is 12.7. The molecule has 0 fully saturated rings. The van der Waals surface area contributed by atoms with Crippen LogP contribution in [0.1, 0.15) is 284 Å². The third-order valence-electron chi connectivity index (χ3n) is 12.7. The molecule has 0 aromatic rings. The van der Waals surface area contributed by atoms with Gasteiger partial charge in [0, 0.05) is 12.8 Å². The van der Waals surface area contributed by atoms with Crippen LogP contribution < -0.4 is 0 Å². The first-order valence-electron chi connectivity index (χ1n) is 29.6. The van der Waals surface area contributed by atoms with E-state index in [1.54, 1.807) is 6.08 Å². The Kier molecular flexibility index (Phi) is 55.3. The Hall–Kier alpha value is -3.41. The summed E-state index contributed by atoms with van der Waals surface area (Å²) in [5.74, 6) is -1.05. The number of hydrogen-bond acceptors (Lipinski definition) is 6. The van der Waals surface area contributed by atoms with Gasteiger partial charge in [-0.2, -0.15) is 0 Å². The smallest absolute Gasteiger partial charge is 0.310 e. The lowest BCUT2D eigenvalue weighted by molar-refractivity contribution is -0.166. The number of unbranched alkanes of at least 4 members (excludes halogenated alkanes) is 29. The van der Waals surface area contributed by atoms with Crippen LogP contribution in [0.3, 0.4) is 0 Å². The van der Waals surface area contributed by atoms with Crippen molar-refractivity contribution in [3.8, 4) is 0 Å². The molecule has 0 aliphatic rings. The van der Waals surface area contributed by atoms with Crippen LogP contribution in [-0.4, -0.2) is 37.2 Å². The molecule has 0 radical (unpaired) electrons. The zero-order valence-corrected chi connectivity index (χ0v) is 46.0. The second-order valence-electron chi connectivity index (χ2n) is 19.5. The maximum atomic E-state index is 12.8. The second kappa shape index (κ2) is 58.2. The summed E-state index contributed by atoms with van der Waals surface area (Å²) in [7, 11) is 0. The summed E-state index contributed by atoms with van der Waals surface area (Å²) in [6.07, 6.45) is 76.1. The summed E-state index contributed by atoms with van der Waals surface area (Å²) in [6, 6.07) is 0. The van der Waals surface area contributed by atoms with Gasteiger partial charge in [0.05, 0.1) is 6.42 Å². The van der Waals surface area contributed by atoms with E-state index in [0.29, 0.717) is 12.8 Å². The van der Waals surface area contributed by atoms with Crippen molar-refractivity contribution in [3.05, 3.63) is 85.1 Å². The van der Waals surface area contributed by atoms with Crippen LogP contribution in [0.15, 0.2) is 85.1 Å². The van der Waals surface area contributed by atoms with E-state index in [0.717, 1.165) is 96.3 Å². The lowest BCUT2D eigenvalue weighted by atomic mass is 10.0. The Morgan fingerprint density at radius 1 is 0.314 bits per heavy atom. The average Bonchev–Trinajstić information content (AvgIpc) is 3.36. The van der Waals surface area contributed by atoms with Crippen molar-refractivity contribution in [1.82, 2.24) is 0 Å². The lowest BCUT2D eigenvalue weighted by Gasteiger charge is -2.18. The molecular formula is C64H110O6. The summed E-state index contributed by atoms with van der Waals surface area (Å²) < 4.78 is 16.8. The van der Waals surface area contributed by atoms with E-state index >= 15 is 0 Å². The molecule has 6 nitrogen and oxygen atoms in total. The van der Waals surface area contributed by atoms with Crippen LogP contribution in [0.5, 0.6) is 0 Å². The molecule has 0 aliphatic heterocycles. The van der Waals surface area contributed by atoms with Crippen LogP contribution in [0, 0.1) is 0 Å². The summed E-state index contributed by atoms with van der Waals surface area (Å²) in [5.41, 5.74) is 0.